The average molecular weight is 232 g/mol. The van der Waals surface area contributed by atoms with Crippen molar-refractivity contribution < 1.29 is 0 Å². The lowest BCUT2D eigenvalue weighted by atomic mass is 10.4. The van der Waals surface area contributed by atoms with E-state index in [4.69, 9.17) is 0 Å². The third kappa shape index (κ3) is 2.07. The minimum Gasteiger partial charge on any atom is -0.338 e. The van der Waals surface area contributed by atoms with Gasteiger partial charge in [-0.2, -0.15) is 4.68 Å². The van der Waals surface area contributed by atoms with E-state index < -0.39 is 0 Å². The molecule has 1 N–H and O–H groups in total. The van der Waals surface area contributed by atoms with Gasteiger partial charge in [0, 0.05) is 26.2 Å². The molecule has 0 atom stereocenters. The Hall–Kier alpha value is -2.09. The molecule has 1 fully saturated rings. The summed E-state index contributed by atoms with van der Waals surface area (Å²) in [6, 6.07) is 0. The normalized spacial score (nSPS) is 16.1. The molecule has 3 rings (SSSR count). The molecule has 17 heavy (non-hydrogen) atoms. The number of anilines is 1. The highest BCUT2D eigenvalue weighted by atomic mass is 15.5. The van der Waals surface area contributed by atoms with Gasteiger partial charge in [-0.05, 0) is 10.4 Å². The quantitative estimate of drug-likeness (QED) is 0.700. The number of nitrogens with one attached hydrogen (secondary N) is 1. The van der Waals surface area contributed by atoms with Gasteiger partial charge in [-0.1, -0.05) is 0 Å². The fourth-order valence-corrected chi connectivity index (χ4v) is 1.74. The minimum atomic E-state index is 0.753. The molecule has 0 spiro atoms. The lowest BCUT2D eigenvalue weighted by molar-refractivity contribution is 0.579. The Morgan fingerprint density at radius 1 is 1.12 bits per heavy atom. The minimum absolute atomic E-state index is 0.753. The average Bonchev–Trinajstić information content (AvgIpc) is 2.94. The summed E-state index contributed by atoms with van der Waals surface area (Å²) in [5.74, 6) is 0.753. The number of nitrogens with zero attached hydrogens (tertiary/aromatic N) is 7. The molecule has 3 heterocycles. The zero-order valence-electron chi connectivity index (χ0n) is 9.19. The van der Waals surface area contributed by atoms with Gasteiger partial charge in [0.05, 0.1) is 12.4 Å². The van der Waals surface area contributed by atoms with Gasteiger partial charge in [-0.3, -0.25) is 0 Å². The van der Waals surface area contributed by atoms with Crippen LogP contribution in [0, 0.1) is 0 Å². The second-order valence-corrected chi connectivity index (χ2v) is 3.73. The highest BCUT2D eigenvalue weighted by Crippen LogP contribution is 2.09. The molecule has 8 heteroatoms. The van der Waals surface area contributed by atoms with Crippen LogP contribution in [0.15, 0.2) is 18.7 Å². The summed E-state index contributed by atoms with van der Waals surface area (Å²) in [5, 5.41) is 14.2. The zero-order chi connectivity index (χ0) is 11.5. The van der Waals surface area contributed by atoms with Crippen LogP contribution in [0.4, 0.5) is 5.95 Å². The lowest BCUT2D eigenvalue weighted by Crippen LogP contribution is -2.44. The maximum absolute atomic E-state index is 4.33. The van der Waals surface area contributed by atoms with Crippen LogP contribution in [0.3, 0.4) is 0 Å². The molecule has 1 aliphatic rings. The summed E-state index contributed by atoms with van der Waals surface area (Å²) >= 11 is 0. The lowest BCUT2D eigenvalue weighted by Gasteiger charge is -2.27. The first-order chi connectivity index (χ1) is 8.43. The summed E-state index contributed by atoms with van der Waals surface area (Å²) in [5.41, 5.74) is 0.758. The predicted octanol–water partition coefficient (Wildman–Crippen LogP) is -1.14. The van der Waals surface area contributed by atoms with Gasteiger partial charge in [-0.15, -0.1) is 5.10 Å². The van der Waals surface area contributed by atoms with Gasteiger partial charge in [-0.25, -0.2) is 9.97 Å². The van der Waals surface area contributed by atoms with Crippen LogP contribution in [-0.4, -0.2) is 56.4 Å². The first-order valence-corrected chi connectivity index (χ1v) is 5.44. The number of aromatic nitrogens is 6. The molecule has 8 nitrogen and oxygen atoms in total. The summed E-state index contributed by atoms with van der Waals surface area (Å²) in [4.78, 5) is 10.8. The molecule has 0 bridgehead atoms. The van der Waals surface area contributed by atoms with Crippen LogP contribution in [0.5, 0.6) is 0 Å². The highest BCUT2D eigenvalue weighted by molar-refractivity contribution is 5.34. The Bertz CT molecular complexity index is 458. The van der Waals surface area contributed by atoms with Gasteiger partial charge in [0.25, 0.3) is 0 Å². The Labute approximate surface area is 97.7 Å². The summed E-state index contributed by atoms with van der Waals surface area (Å²) in [7, 11) is 0. The summed E-state index contributed by atoms with van der Waals surface area (Å²) in [6.07, 6.45) is 4.96. The summed E-state index contributed by atoms with van der Waals surface area (Å²) in [6.45, 7) is 3.81. The van der Waals surface area contributed by atoms with Crippen molar-refractivity contribution in [1.29, 1.82) is 0 Å². The third-order valence-electron chi connectivity index (χ3n) is 2.64. The van der Waals surface area contributed by atoms with E-state index in [1.54, 1.807) is 12.4 Å². The number of hydrogen-bond acceptors (Lipinski definition) is 7. The molecular weight excluding hydrogens is 220 g/mol. The van der Waals surface area contributed by atoms with E-state index in [9.17, 15) is 0 Å². The van der Waals surface area contributed by atoms with E-state index in [-0.39, 0.29) is 0 Å². The van der Waals surface area contributed by atoms with Crippen molar-refractivity contribution in [3.05, 3.63) is 18.7 Å². The van der Waals surface area contributed by atoms with Crippen LogP contribution in [0.25, 0.3) is 5.69 Å². The number of hydrogen-bond donors (Lipinski definition) is 1. The van der Waals surface area contributed by atoms with Crippen molar-refractivity contribution in [2.45, 2.75) is 0 Å². The largest absolute Gasteiger partial charge is 0.338 e. The molecule has 0 aromatic carbocycles. The Morgan fingerprint density at radius 3 is 2.53 bits per heavy atom. The zero-order valence-corrected chi connectivity index (χ0v) is 9.19. The predicted molar refractivity (Wildman–Crippen MR) is 59.8 cm³/mol. The van der Waals surface area contributed by atoms with Gasteiger partial charge in [0.2, 0.25) is 5.95 Å². The van der Waals surface area contributed by atoms with E-state index in [2.05, 4.69) is 35.7 Å². The van der Waals surface area contributed by atoms with Gasteiger partial charge in [0.15, 0.2) is 0 Å². The van der Waals surface area contributed by atoms with E-state index in [1.807, 2.05) is 0 Å². The van der Waals surface area contributed by atoms with Gasteiger partial charge in [0.1, 0.15) is 12.0 Å². The molecule has 88 valence electrons. The van der Waals surface area contributed by atoms with E-state index in [0.29, 0.717) is 0 Å². The van der Waals surface area contributed by atoms with E-state index >= 15 is 0 Å². The maximum atomic E-state index is 4.33. The van der Waals surface area contributed by atoms with Gasteiger partial charge >= 0.3 is 0 Å². The van der Waals surface area contributed by atoms with Crippen LogP contribution >= 0.6 is 0 Å². The fraction of sp³-hybridized carbons (Fsp3) is 0.444. The second kappa shape index (κ2) is 4.42. The molecule has 2 aromatic heterocycles. The topological polar surface area (TPSA) is 84.7 Å². The SMILES string of the molecule is c1nc(N2CCNCC2)ncc1-n1cnnn1. The van der Waals surface area contributed by atoms with Crippen LogP contribution in [0.2, 0.25) is 0 Å². The first-order valence-electron chi connectivity index (χ1n) is 5.44. The Morgan fingerprint density at radius 2 is 1.88 bits per heavy atom. The van der Waals surface area contributed by atoms with Crippen molar-refractivity contribution in [3.63, 3.8) is 0 Å². The Balaban J connectivity index is 1.80. The maximum Gasteiger partial charge on any atom is 0.225 e. The molecule has 2 aromatic rings. The monoisotopic (exact) mass is 232 g/mol. The molecular formula is C9H12N8. The Kier molecular flexibility index (Phi) is 2.62. The van der Waals surface area contributed by atoms with Crippen molar-refractivity contribution in [2.24, 2.45) is 0 Å². The van der Waals surface area contributed by atoms with Crippen LogP contribution in [0.1, 0.15) is 0 Å². The van der Waals surface area contributed by atoms with Crippen molar-refractivity contribution in [2.75, 3.05) is 31.1 Å². The molecule has 0 saturated carbocycles. The van der Waals surface area contributed by atoms with Crippen molar-refractivity contribution >= 4 is 5.95 Å². The molecule has 0 radical (unpaired) electrons. The molecule has 1 aliphatic heterocycles. The number of piperazine rings is 1. The fourth-order valence-electron chi connectivity index (χ4n) is 1.74. The highest BCUT2D eigenvalue weighted by Gasteiger charge is 2.12. The molecule has 0 aliphatic carbocycles. The van der Waals surface area contributed by atoms with Crippen LogP contribution < -0.4 is 10.2 Å². The first kappa shape index (κ1) is 10.1. The molecule has 1 saturated heterocycles. The standard InChI is InChI=1S/C9H12N8/c1-3-16(4-2-10-1)9-11-5-8(6-12-9)17-7-13-14-15-17/h5-7,10H,1-4H2. The van der Waals surface area contributed by atoms with Gasteiger partial charge < -0.3 is 10.2 Å². The van der Waals surface area contributed by atoms with E-state index in [1.165, 1.54) is 11.0 Å². The molecule has 0 amide bonds. The smallest absolute Gasteiger partial charge is 0.225 e. The van der Waals surface area contributed by atoms with Crippen LogP contribution in [-0.2, 0) is 0 Å². The number of rotatable bonds is 2. The van der Waals surface area contributed by atoms with Crippen molar-refractivity contribution in [3.8, 4) is 5.69 Å². The second-order valence-electron chi connectivity index (χ2n) is 3.73. The van der Waals surface area contributed by atoms with E-state index in [0.717, 1.165) is 37.8 Å². The number of tetrazole rings is 1. The third-order valence-corrected chi connectivity index (χ3v) is 2.64. The summed E-state index contributed by atoms with van der Waals surface area (Å²) < 4.78 is 1.53. The van der Waals surface area contributed by atoms with Crippen molar-refractivity contribution in [1.82, 2.24) is 35.5 Å². The molecule has 0 unspecified atom stereocenters.